The third-order valence-electron chi connectivity index (χ3n) is 5.07. The molecular formula is C16H32N2O. The van der Waals surface area contributed by atoms with Gasteiger partial charge in [-0.05, 0) is 24.7 Å². The fraction of sp³-hybridized carbons (Fsp3) is 1.00. The van der Waals surface area contributed by atoms with Crippen molar-refractivity contribution in [3.05, 3.63) is 0 Å². The lowest BCUT2D eigenvalue weighted by molar-refractivity contribution is 0.0399. The quantitative estimate of drug-likeness (QED) is 0.829. The molecular weight excluding hydrogens is 236 g/mol. The third kappa shape index (κ3) is 4.17. The zero-order valence-electron chi connectivity index (χ0n) is 13.0. The van der Waals surface area contributed by atoms with Crippen molar-refractivity contribution in [3.8, 4) is 0 Å². The number of rotatable bonds is 5. The first-order chi connectivity index (χ1) is 9.22. The summed E-state index contributed by atoms with van der Waals surface area (Å²) < 4.78 is 5.31. The van der Waals surface area contributed by atoms with Crippen molar-refractivity contribution in [1.29, 1.82) is 0 Å². The molecule has 19 heavy (non-hydrogen) atoms. The molecule has 1 aliphatic heterocycles. The van der Waals surface area contributed by atoms with E-state index in [2.05, 4.69) is 24.1 Å². The minimum atomic E-state index is 0.650. The van der Waals surface area contributed by atoms with Crippen LogP contribution in [-0.2, 0) is 4.74 Å². The van der Waals surface area contributed by atoms with Crippen molar-refractivity contribution >= 4 is 0 Å². The van der Waals surface area contributed by atoms with Gasteiger partial charge in [0.15, 0.2) is 0 Å². The Balaban J connectivity index is 1.94. The van der Waals surface area contributed by atoms with Crippen LogP contribution in [-0.4, -0.2) is 50.3 Å². The van der Waals surface area contributed by atoms with E-state index in [1.54, 1.807) is 0 Å². The van der Waals surface area contributed by atoms with E-state index in [1.165, 1.54) is 45.2 Å². The Morgan fingerprint density at radius 2 is 1.95 bits per heavy atom. The fourth-order valence-electron chi connectivity index (χ4n) is 3.75. The number of methoxy groups -OCH3 is 1. The molecule has 2 atom stereocenters. The van der Waals surface area contributed by atoms with Gasteiger partial charge in [0.1, 0.15) is 0 Å². The maximum Gasteiger partial charge on any atom is 0.0589 e. The SMILES string of the molecule is COCCN1CC(C(C)C)NCC1C1CCCCC1. The zero-order chi connectivity index (χ0) is 13.7. The Kier molecular flexibility index (Phi) is 6.11. The summed E-state index contributed by atoms with van der Waals surface area (Å²) in [5.41, 5.74) is 0. The highest BCUT2D eigenvalue weighted by Gasteiger charge is 2.34. The summed E-state index contributed by atoms with van der Waals surface area (Å²) in [5.74, 6) is 1.63. The van der Waals surface area contributed by atoms with Crippen LogP contribution < -0.4 is 5.32 Å². The summed E-state index contributed by atoms with van der Waals surface area (Å²) in [6.07, 6.45) is 7.19. The Morgan fingerprint density at radius 1 is 1.21 bits per heavy atom. The maximum absolute atomic E-state index is 5.31. The van der Waals surface area contributed by atoms with E-state index >= 15 is 0 Å². The first-order valence-electron chi connectivity index (χ1n) is 8.18. The molecule has 1 aliphatic carbocycles. The lowest BCUT2D eigenvalue weighted by atomic mass is 9.81. The highest BCUT2D eigenvalue weighted by atomic mass is 16.5. The maximum atomic E-state index is 5.31. The van der Waals surface area contributed by atoms with Gasteiger partial charge in [0.25, 0.3) is 0 Å². The zero-order valence-corrected chi connectivity index (χ0v) is 13.0. The van der Waals surface area contributed by atoms with E-state index < -0.39 is 0 Å². The van der Waals surface area contributed by atoms with Crippen molar-refractivity contribution in [2.45, 2.75) is 58.0 Å². The molecule has 3 nitrogen and oxygen atoms in total. The first-order valence-corrected chi connectivity index (χ1v) is 8.18. The molecule has 0 amide bonds. The molecule has 1 N–H and O–H groups in total. The summed E-state index contributed by atoms with van der Waals surface area (Å²) in [7, 11) is 1.82. The monoisotopic (exact) mass is 268 g/mol. The number of piperazine rings is 1. The molecule has 1 saturated heterocycles. The van der Waals surface area contributed by atoms with Gasteiger partial charge < -0.3 is 10.1 Å². The summed E-state index contributed by atoms with van der Waals surface area (Å²) in [6, 6.07) is 1.39. The van der Waals surface area contributed by atoms with Gasteiger partial charge in [0.05, 0.1) is 6.61 Å². The van der Waals surface area contributed by atoms with Crippen LogP contribution in [0.15, 0.2) is 0 Å². The molecule has 0 aromatic heterocycles. The molecule has 3 heteroatoms. The van der Waals surface area contributed by atoms with E-state index in [1.807, 2.05) is 7.11 Å². The Morgan fingerprint density at radius 3 is 2.58 bits per heavy atom. The predicted octanol–water partition coefficient (Wildman–Crippen LogP) is 2.51. The largest absolute Gasteiger partial charge is 0.383 e. The molecule has 1 heterocycles. The van der Waals surface area contributed by atoms with Gasteiger partial charge in [0, 0.05) is 38.8 Å². The second kappa shape index (κ2) is 7.61. The van der Waals surface area contributed by atoms with Crippen LogP contribution in [0.2, 0.25) is 0 Å². The lowest BCUT2D eigenvalue weighted by Crippen LogP contribution is -2.60. The van der Waals surface area contributed by atoms with Crippen molar-refractivity contribution in [2.24, 2.45) is 11.8 Å². The Hall–Kier alpha value is -0.120. The molecule has 2 rings (SSSR count). The molecule has 1 saturated carbocycles. The van der Waals surface area contributed by atoms with Crippen LogP contribution >= 0.6 is 0 Å². The van der Waals surface area contributed by atoms with Crippen LogP contribution in [0.1, 0.15) is 46.0 Å². The molecule has 0 spiro atoms. The second-order valence-corrected chi connectivity index (χ2v) is 6.71. The molecule has 2 aliphatic rings. The topological polar surface area (TPSA) is 24.5 Å². The van der Waals surface area contributed by atoms with Crippen molar-refractivity contribution in [3.63, 3.8) is 0 Å². The van der Waals surface area contributed by atoms with Gasteiger partial charge >= 0.3 is 0 Å². The van der Waals surface area contributed by atoms with E-state index in [0.29, 0.717) is 6.04 Å². The van der Waals surface area contributed by atoms with E-state index in [9.17, 15) is 0 Å². The molecule has 0 aromatic carbocycles. The molecule has 2 fully saturated rings. The molecule has 112 valence electrons. The molecule has 0 bridgehead atoms. The van der Waals surface area contributed by atoms with Gasteiger partial charge in [-0.3, -0.25) is 4.90 Å². The van der Waals surface area contributed by atoms with Gasteiger partial charge in [-0.15, -0.1) is 0 Å². The van der Waals surface area contributed by atoms with Crippen LogP contribution in [0.3, 0.4) is 0 Å². The fourth-order valence-corrected chi connectivity index (χ4v) is 3.75. The average Bonchev–Trinajstić information content (AvgIpc) is 2.45. The van der Waals surface area contributed by atoms with Crippen molar-refractivity contribution in [2.75, 3.05) is 33.4 Å². The van der Waals surface area contributed by atoms with E-state index in [0.717, 1.165) is 31.0 Å². The number of hydrogen-bond donors (Lipinski definition) is 1. The van der Waals surface area contributed by atoms with E-state index in [4.69, 9.17) is 4.74 Å². The van der Waals surface area contributed by atoms with Crippen molar-refractivity contribution < 1.29 is 4.74 Å². The average molecular weight is 268 g/mol. The summed E-state index contributed by atoms with van der Waals surface area (Å²) in [6.45, 7) is 9.00. The summed E-state index contributed by atoms with van der Waals surface area (Å²) >= 11 is 0. The van der Waals surface area contributed by atoms with Crippen LogP contribution in [0.4, 0.5) is 0 Å². The Labute approximate surface area is 119 Å². The van der Waals surface area contributed by atoms with Crippen LogP contribution in [0, 0.1) is 11.8 Å². The highest BCUT2D eigenvalue weighted by molar-refractivity contribution is 4.91. The van der Waals surface area contributed by atoms with E-state index in [-0.39, 0.29) is 0 Å². The number of ether oxygens (including phenoxy) is 1. The third-order valence-corrected chi connectivity index (χ3v) is 5.07. The molecule has 2 unspecified atom stereocenters. The normalized spacial score (nSPS) is 30.9. The van der Waals surface area contributed by atoms with Gasteiger partial charge in [-0.25, -0.2) is 0 Å². The van der Waals surface area contributed by atoms with Crippen LogP contribution in [0.25, 0.3) is 0 Å². The molecule has 0 radical (unpaired) electrons. The number of nitrogens with zero attached hydrogens (tertiary/aromatic N) is 1. The molecule has 0 aromatic rings. The number of nitrogens with one attached hydrogen (secondary N) is 1. The van der Waals surface area contributed by atoms with Gasteiger partial charge in [-0.1, -0.05) is 33.1 Å². The minimum absolute atomic E-state index is 0.650. The van der Waals surface area contributed by atoms with Crippen molar-refractivity contribution in [1.82, 2.24) is 10.2 Å². The minimum Gasteiger partial charge on any atom is -0.383 e. The predicted molar refractivity (Wildman–Crippen MR) is 80.4 cm³/mol. The first kappa shape index (κ1) is 15.3. The van der Waals surface area contributed by atoms with Gasteiger partial charge in [-0.2, -0.15) is 0 Å². The number of hydrogen-bond acceptors (Lipinski definition) is 3. The lowest BCUT2D eigenvalue weighted by Gasteiger charge is -2.46. The smallest absolute Gasteiger partial charge is 0.0589 e. The summed E-state index contributed by atoms with van der Waals surface area (Å²) in [4.78, 5) is 2.71. The second-order valence-electron chi connectivity index (χ2n) is 6.71. The Bertz CT molecular complexity index is 251. The summed E-state index contributed by atoms with van der Waals surface area (Å²) in [5, 5.41) is 3.79. The van der Waals surface area contributed by atoms with Crippen LogP contribution in [0.5, 0.6) is 0 Å². The highest BCUT2D eigenvalue weighted by Crippen LogP contribution is 2.30. The standard InChI is InChI=1S/C16H32N2O/c1-13(2)15-12-18(9-10-19-3)16(11-17-15)14-7-5-4-6-8-14/h13-17H,4-12H2,1-3H3. The van der Waals surface area contributed by atoms with Gasteiger partial charge in [0.2, 0.25) is 0 Å².